The molecule has 0 aliphatic rings. The molecule has 4 aromatic rings. The van der Waals surface area contributed by atoms with Crippen LogP contribution in [0.15, 0.2) is 63.9 Å². The van der Waals surface area contributed by atoms with Crippen LogP contribution in [0.2, 0.25) is 0 Å². The van der Waals surface area contributed by atoms with E-state index in [1.165, 1.54) is 28.7 Å². The Morgan fingerprint density at radius 1 is 1.06 bits per heavy atom. The third-order valence-corrected chi connectivity index (χ3v) is 7.25. The molecule has 0 atom stereocenters. The fraction of sp³-hybridized carbons (Fsp3) is 0.269. The van der Waals surface area contributed by atoms with Crippen LogP contribution in [0.1, 0.15) is 50.7 Å². The number of thiophene rings is 1. The number of aromatic amines is 1. The number of nitrogens with zero attached hydrogens (tertiary/aromatic N) is 1. The zero-order valence-electron chi connectivity index (χ0n) is 19.1. The van der Waals surface area contributed by atoms with Gasteiger partial charge in [-0.3, -0.25) is 9.59 Å². The lowest BCUT2D eigenvalue weighted by Gasteiger charge is -2.13. The molecule has 170 valence electrons. The van der Waals surface area contributed by atoms with Crippen LogP contribution in [0.5, 0.6) is 0 Å². The standard InChI is InChI=1S/C26H27N3O2S2/c1-15(2)17-9-11-18(12-10-17)20-13-32-25-23(20)24(31)28-26(29-25)33-14-22(30)27-21-8-6-5-7-19(21)16(3)4/h5-13,15-16H,14H2,1-4H3,(H,27,30)(H,28,29,31). The Balaban J connectivity index is 1.50. The molecule has 2 N–H and O–H groups in total. The van der Waals surface area contributed by atoms with Gasteiger partial charge >= 0.3 is 0 Å². The van der Waals surface area contributed by atoms with Crippen molar-refractivity contribution in [2.24, 2.45) is 0 Å². The number of H-pyrrole nitrogens is 1. The number of carbonyl (C=O) groups excluding carboxylic acids is 1. The van der Waals surface area contributed by atoms with Gasteiger partial charge in [-0.1, -0.05) is 81.9 Å². The van der Waals surface area contributed by atoms with Crippen molar-refractivity contribution in [1.29, 1.82) is 0 Å². The molecule has 0 saturated carbocycles. The summed E-state index contributed by atoms with van der Waals surface area (Å²) in [4.78, 5) is 33.5. The summed E-state index contributed by atoms with van der Waals surface area (Å²) in [6, 6.07) is 16.1. The zero-order valence-corrected chi connectivity index (χ0v) is 20.8. The quantitative estimate of drug-likeness (QED) is 0.231. The van der Waals surface area contributed by atoms with Crippen molar-refractivity contribution in [2.45, 2.75) is 44.7 Å². The zero-order chi connectivity index (χ0) is 23.5. The van der Waals surface area contributed by atoms with E-state index in [-0.39, 0.29) is 17.2 Å². The van der Waals surface area contributed by atoms with Gasteiger partial charge in [0.15, 0.2) is 5.16 Å². The number of aromatic nitrogens is 2. The van der Waals surface area contributed by atoms with E-state index in [0.717, 1.165) is 22.4 Å². The van der Waals surface area contributed by atoms with Gasteiger partial charge in [-0.2, -0.15) is 0 Å². The van der Waals surface area contributed by atoms with Crippen LogP contribution >= 0.6 is 23.1 Å². The van der Waals surface area contributed by atoms with Gasteiger partial charge in [0.1, 0.15) is 4.83 Å². The van der Waals surface area contributed by atoms with E-state index in [4.69, 9.17) is 0 Å². The number of hydrogen-bond donors (Lipinski definition) is 2. The first-order valence-corrected chi connectivity index (χ1v) is 12.8. The predicted octanol–water partition coefficient (Wildman–Crippen LogP) is 6.63. The van der Waals surface area contributed by atoms with Crippen LogP contribution in [-0.4, -0.2) is 21.6 Å². The molecule has 33 heavy (non-hydrogen) atoms. The van der Waals surface area contributed by atoms with E-state index in [1.807, 2.05) is 29.6 Å². The lowest BCUT2D eigenvalue weighted by Crippen LogP contribution is -2.16. The summed E-state index contributed by atoms with van der Waals surface area (Å²) in [6.45, 7) is 8.51. The summed E-state index contributed by atoms with van der Waals surface area (Å²) in [6.07, 6.45) is 0. The second-order valence-corrected chi connectivity index (χ2v) is 10.4. The van der Waals surface area contributed by atoms with Gasteiger partial charge in [-0.25, -0.2) is 4.98 Å². The summed E-state index contributed by atoms with van der Waals surface area (Å²) in [7, 11) is 0. The molecule has 0 aliphatic carbocycles. The maximum atomic E-state index is 12.9. The highest BCUT2D eigenvalue weighted by Gasteiger charge is 2.15. The van der Waals surface area contributed by atoms with Gasteiger partial charge in [-0.15, -0.1) is 11.3 Å². The van der Waals surface area contributed by atoms with Gasteiger partial charge in [0, 0.05) is 16.6 Å². The van der Waals surface area contributed by atoms with E-state index in [2.05, 4.69) is 67.2 Å². The number of thioether (sulfide) groups is 1. The lowest BCUT2D eigenvalue weighted by molar-refractivity contribution is -0.113. The van der Waals surface area contributed by atoms with Crippen molar-refractivity contribution < 1.29 is 4.79 Å². The first kappa shape index (κ1) is 23.3. The molecule has 1 amide bonds. The molecule has 0 bridgehead atoms. The monoisotopic (exact) mass is 477 g/mol. The molecule has 0 unspecified atom stereocenters. The van der Waals surface area contributed by atoms with Crippen LogP contribution in [0.25, 0.3) is 21.3 Å². The number of rotatable bonds is 7. The highest BCUT2D eigenvalue weighted by atomic mass is 32.2. The average Bonchev–Trinajstić information content (AvgIpc) is 3.22. The van der Waals surface area contributed by atoms with Crippen molar-refractivity contribution in [3.63, 3.8) is 0 Å². The molecular weight excluding hydrogens is 450 g/mol. The van der Waals surface area contributed by atoms with Gasteiger partial charge in [0.05, 0.1) is 11.1 Å². The second-order valence-electron chi connectivity index (χ2n) is 8.56. The molecule has 7 heteroatoms. The maximum Gasteiger partial charge on any atom is 0.260 e. The van der Waals surface area contributed by atoms with Gasteiger partial charge in [-0.05, 0) is 34.6 Å². The van der Waals surface area contributed by atoms with Gasteiger partial charge < -0.3 is 10.3 Å². The summed E-state index contributed by atoms with van der Waals surface area (Å²) < 4.78 is 0. The Kier molecular flexibility index (Phi) is 7.00. The molecule has 0 fully saturated rings. The van der Waals surface area contributed by atoms with E-state index >= 15 is 0 Å². The number of nitrogens with one attached hydrogen (secondary N) is 2. The number of benzene rings is 2. The van der Waals surface area contributed by atoms with E-state index in [0.29, 0.717) is 27.2 Å². The number of hydrogen-bond acceptors (Lipinski definition) is 5. The highest BCUT2D eigenvalue weighted by Crippen LogP contribution is 2.32. The minimum Gasteiger partial charge on any atom is -0.325 e. The average molecular weight is 478 g/mol. The minimum absolute atomic E-state index is 0.132. The Bertz CT molecular complexity index is 1340. The normalized spacial score (nSPS) is 11.5. The SMILES string of the molecule is CC(C)c1ccc(-c2csc3nc(SCC(=O)Nc4ccccc4C(C)C)[nH]c(=O)c23)cc1. The Morgan fingerprint density at radius 2 is 1.79 bits per heavy atom. The van der Waals surface area contributed by atoms with Crippen LogP contribution in [-0.2, 0) is 4.79 Å². The second kappa shape index (κ2) is 9.93. The smallest absolute Gasteiger partial charge is 0.260 e. The van der Waals surface area contributed by atoms with Crippen LogP contribution in [0.4, 0.5) is 5.69 Å². The third-order valence-electron chi connectivity index (χ3n) is 5.51. The molecule has 0 aliphatic heterocycles. The highest BCUT2D eigenvalue weighted by molar-refractivity contribution is 7.99. The fourth-order valence-electron chi connectivity index (χ4n) is 3.69. The number of anilines is 1. The molecule has 0 saturated heterocycles. The summed E-state index contributed by atoms with van der Waals surface area (Å²) >= 11 is 2.67. The summed E-state index contributed by atoms with van der Waals surface area (Å²) in [5.74, 6) is 0.798. The van der Waals surface area contributed by atoms with Gasteiger partial charge in [0.2, 0.25) is 5.91 Å². The van der Waals surface area contributed by atoms with Crippen molar-refractivity contribution in [1.82, 2.24) is 9.97 Å². The molecular formula is C26H27N3O2S2. The predicted molar refractivity (Wildman–Crippen MR) is 140 cm³/mol. The summed E-state index contributed by atoms with van der Waals surface area (Å²) in [5.41, 5.74) is 4.88. The minimum atomic E-state index is -0.183. The van der Waals surface area contributed by atoms with Crippen molar-refractivity contribution in [3.8, 4) is 11.1 Å². The molecule has 5 nitrogen and oxygen atoms in total. The van der Waals surface area contributed by atoms with Gasteiger partial charge in [0.25, 0.3) is 5.56 Å². The first-order valence-electron chi connectivity index (χ1n) is 11.0. The maximum absolute atomic E-state index is 12.9. The Morgan fingerprint density at radius 3 is 2.48 bits per heavy atom. The Hall–Kier alpha value is -2.90. The molecule has 0 radical (unpaired) electrons. The van der Waals surface area contributed by atoms with E-state index < -0.39 is 0 Å². The van der Waals surface area contributed by atoms with Crippen LogP contribution < -0.4 is 10.9 Å². The molecule has 2 aromatic heterocycles. The van der Waals surface area contributed by atoms with Crippen LogP contribution in [0, 0.1) is 0 Å². The molecule has 2 aromatic carbocycles. The molecule has 4 rings (SSSR count). The van der Waals surface area contributed by atoms with Crippen molar-refractivity contribution in [2.75, 3.05) is 11.1 Å². The number of carbonyl (C=O) groups is 1. The largest absolute Gasteiger partial charge is 0.325 e. The topological polar surface area (TPSA) is 74.8 Å². The van der Waals surface area contributed by atoms with Crippen molar-refractivity contribution in [3.05, 3.63) is 75.4 Å². The fourth-order valence-corrected chi connectivity index (χ4v) is 5.36. The molecule has 2 heterocycles. The van der Waals surface area contributed by atoms with Crippen molar-refractivity contribution >= 4 is 44.9 Å². The number of amides is 1. The van der Waals surface area contributed by atoms with E-state index in [1.54, 1.807) is 0 Å². The number of fused-ring (bicyclic) bond motifs is 1. The lowest BCUT2D eigenvalue weighted by atomic mass is 9.99. The third kappa shape index (κ3) is 5.20. The summed E-state index contributed by atoms with van der Waals surface area (Å²) in [5, 5.41) is 5.99. The van der Waals surface area contributed by atoms with E-state index in [9.17, 15) is 9.59 Å². The Labute approximate surface area is 201 Å². The first-order chi connectivity index (χ1) is 15.8. The van der Waals surface area contributed by atoms with Crippen LogP contribution in [0.3, 0.4) is 0 Å². The number of para-hydroxylation sites is 1. The molecule has 0 spiro atoms.